The maximum Gasteiger partial charge on any atom is 0.223 e. The van der Waals surface area contributed by atoms with Crippen LogP contribution < -0.4 is 9.47 Å². The maximum atomic E-state index is 13.7. The zero-order chi connectivity index (χ0) is 28.9. The van der Waals surface area contributed by atoms with E-state index >= 15 is 0 Å². The molecule has 0 radical (unpaired) electrons. The second-order valence-electron chi connectivity index (χ2n) is 11.2. The van der Waals surface area contributed by atoms with Crippen LogP contribution in [0.15, 0.2) is 103 Å². The number of aromatic nitrogens is 1. The minimum Gasteiger partial charge on any atom is -0.493 e. The van der Waals surface area contributed by atoms with Crippen LogP contribution in [0.3, 0.4) is 0 Å². The van der Waals surface area contributed by atoms with Gasteiger partial charge >= 0.3 is 0 Å². The quantitative estimate of drug-likeness (QED) is 0.176. The third-order valence-corrected chi connectivity index (χ3v) is 8.33. The van der Waals surface area contributed by atoms with Gasteiger partial charge in [-0.15, -0.1) is 0 Å². The highest BCUT2D eigenvalue weighted by Crippen LogP contribution is 2.39. The van der Waals surface area contributed by atoms with Gasteiger partial charge in [0.1, 0.15) is 6.61 Å². The molecule has 6 rings (SSSR count). The molecule has 1 fully saturated rings. The number of amides is 1. The number of aryl methyl sites for hydroxylation is 1. The lowest BCUT2D eigenvalue weighted by Gasteiger charge is -2.22. The molecule has 1 atom stereocenters. The fraction of sp³-hybridized carbons (Fsp3) is 0.270. The summed E-state index contributed by atoms with van der Waals surface area (Å²) in [6, 6.07) is 33.5. The summed E-state index contributed by atoms with van der Waals surface area (Å²) in [6.07, 6.45) is 4.81. The average Bonchev–Trinajstić information content (AvgIpc) is 3.70. The number of carbonyl (C=O) groups excluding carboxylic acids is 1. The lowest BCUT2D eigenvalue weighted by atomic mass is 9.87. The summed E-state index contributed by atoms with van der Waals surface area (Å²) >= 11 is 0. The molecule has 1 aliphatic rings. The Morgan fingerprint density at radius 3 is 2.33 bits per heavy atom. The molecule has 0 spiro atoms. The van der Waals surface area contributed by atoms with E-state index < -0.39 is 0 Å². The van der Waals surface area contributed by atoms with Gasteiger partial charge in [0.05, 0.1) is 7.11 Å². The third-order valence-electron chi connectivity index (χ3n) is 8.33. The van der Waals surface area contributed by atoms with Crippen molar-refractivity contribution in [1.29, 1.82) is 0 Å². The standard InChI is InChI=1S/C37H38N2O3/c1-27-14-16-28(17-15-27)24-39-25-33(31-12-6-7-13-34(31)39)32(23-37(40)38-20-8-9-21-38)30-18-19-35(41-2)36(22-30)42-26-29-10-4-3-5-11-29/h3-7,10-19,22,25,32H,8-9,20-21,23-24,26H2,1-2H3/t32-/m0/s1. The van der Waals surface area contributed by atoms with E-state index in [-0.39, 0.29) is 11.8 Å². The summed E-state index contributed by atoms with van der Waals surface area (Å²) in [5.41, 5.74) is 6.96. The van der Waals surface area contributed by atoms with E-state index in [0.717, 1.165) is 49.2 Å². The van der Waals surface area contributed by atoms with Gasteiger partial charge < -0.3 is 18.9 Å². The van der Waals surface area contributed by atoms with Crippen LogP contribution in [0.4, 0.5) is 0 Å². The van der Waals surface area contributed by atoms with E-state index in [2.05, 4.69) is 90.5 Å². The molecule has 214 valence electrons. The van der Waals surface area contributed by atoms with Crippen molar-refractivity contribution >= 4 is 16.8 Å². The number of carbonyl (C=O) groups is 1. The molecule has 5 nitrogen and oxygen atoms in total. The number of hydrogen-bond donors (Lipinski definition) is 0. The predicted octanol–water partition coefficient (Wildman–Crippen LogP) is 7.73. The van der Waals surface area contributed by atoms with Gasteiger partial charge in [0, 0.05) is 49.1 Å². The van der Waals surface area contributed by atoms with Gasteiger partial charge in [-0.2, -0.15) is 0 Å². The number of methoxy groups -OCH3 is 1. The summed E-state index contributed by atoms with van der Waals surface area (Å²) in [5.74, 6) is 1.43. The fourth-order valence-electron chi connectivity index (χ4n) is 6.01. The molecular formula is C37H38N2O3. The van der Waals surface area contributed by atoms with Crippen LogP contribution in [0.25, 0.3) is 10.9 Å². The summed E-state index contributed by atoms with van der Waals surface area (Å²) in [4.78, 5) is 15.7. The molecule has 0 saturated carbocycles. The second kappa shape index (κ2) is 12.6. The van der Waals surface area contributed by atoms with Crippen molar-refractivity contribution in [3.8, 4) is 11.5 Å². The predicted molar refractivity (Wildman–Crippen MR) is 168 cm³/mol. The van der Waals surface area contributed by atoms with Gasteiger partial charge in [-0.1, -0.05) is 84.4 Å². The lowest BCUT2D eigenvalue weighted by Crippen LogP contribution is -2.29. The second-order valence-corrected chi connectivity index (χ2v) is 11.2. The molecule has 1 amide bonds. The zero-order valence-electron chi connectivity index (χ0n) is 24.5. The van der Waals surface area contributed by atoms with Gasteiger partial charge in [0.2, 0.25) is 5.91 Å². The summed E-state index contributed by atoms with van der Waals surface area (Å²) in [7, 11) is 1.66. The Labute approximate surface area is 248 Å². The van der Waals surface area contributed by atoms with Gasteiger partial charge in [-0.25, -0.2) is 0 Å². The van der Waals surface area contributed by atoms with E-state index in [1.54, 1.807) is 7.11 Å². The Morgan fingerprint density at radius 1 is 0.833 bits per heavy atom. The van der Waals surface area contributed by atoms with Crippen molar-refractivity contribution in [3.05, 3.63) is 131 Å². The molecule has 2 heterocycles. The monoisotopic (exact) mass is 558 g/mol. The largest absolute Gasteiger partial charge is 0.493 e. The van der Waals surface area contributed by atoms with Gasteiger partial charge in [-0.05, 0) is 60.2 Å². The number of rotatable bonds is 10. The van der Waals surface area contributed by atoms with Gasteiger partial charge in [0.25, 0.3) is 0 Å². The first-order valence-corrected chi connectivity index (χ1v) is 14.8. The Hall–Kier alpha value is -4.51. The first kappa shape index (κ1) is 27.6. The van der Waals surface area contributed by atoms with Crippen LogP contribution in [0.5, 0.6) is 11.5 Å². The Morgan fingerprint density at radius 2 is 1.57 bits per heavy atom. The van der Waals surface area contributed by atoms with Crippen molar-refractivity contribution in [2.45, 2.75) is 45.3 Å². The zero-order valence-corrected chi connectivity index (χ0v) is 24.5. The fourth-order valence-corrected chi connectivity index (χ4v) is 6.01. The molecule has 0 bridgehead atoms. The molecule has 0 unspecified atom stereocenters. The molecule has 1 aliphatic heterocycles. The van der Waals surface area contributed by atoms with E-state index in [0.29, 0.717) is 24.5 Å². The van der Waals surface area contributed by atoms with Crippen LogP contribution in [0.2, 0.25) is 0 Å². The lowest BCUT2D eigenvalue weighted by molar-refractivity contribution is -0.130. The van der Waals surface area contributed by atoms with Gasteiger partial charge in [0.15, 0.2) is 11.5 Å². The number of hydrogen-bond acceptors (Lipinski definition) is 3. The smallest absolute Gasteiger partial charge is 0.223 e. The van der Waals surface area contributed by atoms with Crippen LogP contribution in [0, 0.1) is 6.92 Å². The molecule has 42 heavy (non-hydrogen) atoms. The molecule has 0 N–H and O–H groups in total. The summed E-state index contributed by atoms with van der Waals surface area (Å²) in [6.45, 7) is 5.00. The van der Waals surface area contributed by atoms with Crippen LogP contribution in [0.1, 0.15) is 53.0 Å². The summed E-state index contributed by atoms with van der Waals surface area (Å²) in [5, 5.41) is 1.17. The van der Waals surface area contributed by atoms with Crippen molar-refractivity contribution in [1.82, 2.24) is 9.47 Å². The highest BCUT2D eigenvalue weighted by atomic mass is 16.5. The third kappa shape index (κ3) is 6.06. The molecule has 0 aliphatic carbocycles. The van der Waals surface area contributed by atoms with Crippen molar-refractivity contribution in [2.24, 2.45) is 0 Å². The minimum absolute atomic E-state index is 0.132. The Balaban J connectivity index is 1.40. The maximum absolute atomic E-state index is 13.7. The number of para-hydroxylation sites is 1. The molecule has 1 aromatic heterocycles. The van der Waals surface area contributed by atoms with Crippen molar-refractivity contribution < 1.29 is 14.3 Å². The highest BCUT2D eigenvalue weighted by Gasteiger charge is 2.27. The van der Waals surface area contributed by atoms with Crippen LogP contribution >= 0.6 is 0 Å². The van der Waals surface area contributed by atoms with Crippen LogP contribution in [-0.2, 0) is 17.9 Å². The van der Waals surface area contributed by atoms with E-state index in [1.807, 2.05) is 29.2 Å². The number of ether oxygens (including phenoxy) is 2. The van der Waals surface area contributed by atoms with Crippen molar-refractivity contribution in [2.75, 3.05) is 20.2 Å². The van der Waals surface area contributed by atoms with Gasteiger partial charge in [-0.3, -0.25) is 4.79 Å². The van der Waals surface area contributed by atoms with Crippen LogP contribution in [-0.4, -0.2) is 35.6 Å². The number of nitrogens with zero attached hydrogens (tertiary/aromatic N) is 2. The number of fused-ring (bicyclic) bond motifs is 1. The highest BCUT2D eigenvalue weighted by molar-refractivity contribution is 5.87. The molecule has 1 saturated heterocycles. The first-order chi connectivity index (χ1) is 20.6. The van der Waals surface area contributed by atoms with Crippen molar-refractivity contribution in [3.63, 3.8) is 0 Å². The van der Waals surface area contributed by atoms with E-state index in [4.69, 9.17) is 9.47 Å². The average molecular weight is 559 g/mol. The molecule has 5 aromatic rings. The van der Waals surface area contributed by atoms with E-state index in [9.17, 15) is 4.79 Å². The Kier molecular flexibility index (Phi) is 8.27. The topological polar surface area (TPSA) is 43.7 Å². The normalized spacial score (nSPS) is 13.8. The molecule has 5 heteroatoms. The number of benzene rings is 4. The summed E-state index contributed by atoms with van der Waals surface area (Å²) < 4.78 is 14.3. The molecule has 4 aromatic carbocycles. The Bertz CT molecular complexity index is 1650. The minimum atomic E-state index is -0.132. The van der Waals surface area contributed by atoms with E-state index in [1.165, 1.54) is 22.0 Å². The first-order valence-electron chi connectivity index (χ1n) is 14.8. The molecular weight excluding hydrogens is 520 g/mol. The SMILES string of the molecule is COc1ccc([C@H](CC(=O)N2CCCC2)c2cn(Cc3ccc(C)cc3)c3ccccc23)cc1OCc1ccccc1. The number of likely N-dealkylation sites (tertiary alicyclic amines) is 1.